The summed E-state index contributed by atoms with van der Waals surface area (Å²) >= 11 is 6.60. The molecule has 5 rings (SSSR count). The Labute approximate surface area is 216 Å². The van der Waals surface area contributed by atoms with Crippen LogP contribution in [0, 0.1) is 11.6 Å². The fourth-order valence-electron chi connectivity index (χ4n) is 3.97. The Hall–Kier alpha value is -3.73. The maximum absolute atomic E-state index is 13.6. The number of hydrogen-bond donors (Lipinski definition) is 0. The highest BCUT2D eigenvalue weighted by molar-refractivity contribution is 7.97. The maximum atomic E-state index is 13.6. The minimum Gasteiger partial charge on any atom is -0.289 e. The Kier molecular flexibility index (Phi) is 6.99. The van der Waals surface area contributed by atoms with Gasteiger partial charge in [-0.25, -0.2) is 8.78 Å². The first kappa shape index (κ1) is 24.0. The quantitative estimate of drug-likeness (QED) is 0.164. The van der Waals surface area contributed by atoms with Crippen molar-refractivity contribution in [1.29, 1.82) is 0 Å². The summed E-state index contributed by atoms with van der Waals surface area (Å²) < 4.78 is 27.2. The van der Waals surface area contributed by atoms with Gasteiger partial charge in [0.1, 0.15) is 11.6 Å². The molecule has 0 spiro atoms. The standard InChI is InChI=1S/C31H20ClF2OS/c32-30-20-23(31(35)22-4-2-1-3-5-22)8-19-29(30)21-6-13-26(14-7-21)36(27-15-9-24(33)10-16-27)28-17-11-25(34)12-18-28/h1-20H/q+1. The van der Waals surface area contributed by atoms with Crippen LogP contribution in [0.3, 0.4) is 0 Å². The molecule has 5 aromatic rings. The van der Waals surface area contributed by atoms with E-state index in [4.69, 9.17) is 11.6 Å². The summed E-state index contributed by atoms with van der Waals surface area (Å²) in [5.74, 6) is -0.691. The molecule has 0 aliphatic rings. The van der Waals surface area contributed by atoms with Gasteiger partial charge < -0.3 is 0 Å². The Balaban J connectivity index is 1.47. The van der Waals surface area contributed by atoms with Crippen LogP contribution in [0.15, 0.2) is 136 Å². The van der Waals surface area contributed by atoms with Crippen LogP contribution < -0.4 is 0 Å². The van der Waals surface area contributed by atoms with E-state index in [-0.39, 0.29) is 17.4 Å². The molecule has 36 heavy (non-hydrogen) atoms. The van der Waals surface area contributed by atoms with E-state index >= 15 is 0 Å². The van der Waals surface area contributed by atoms with Crippen molar-refractivity contribution in [3.8, 4) is 11.1 Å². The molecule has 0 bridgehead atoms. The van der Waals surface area contributed by atoms with E-state index in [9.17, 15) is 13.6 Å². The minimum atomic E-state index is -0.543. The van der Waals surface area contributed by atoms with Gasteiger partial charge in [-0.15, -0.1) is 0 Å². The van der Waals surface area contributed by atoms with Gasteiger partial charge in [0.05, 0.1) is 10.9 Å². The van der Waals surface area contributed by atoms with Crippen LogP contribution >= 0.6 is 11.6 Å². The molecule has 176 valence electrons. The first-order chi connectivity index (χ1) is 17.5. The summed E-state index contributed by atoms with van der Waals surface area (Å²) in [4.78, 5) is 15.6. The monoisotopic (exact) mass is 513 g/mol. The Morgan fingerprint density at radius 3 is 1.58 bits per heavy atom. The maximum Gasteiger partial charge on any atom is 0.193 e. The number of carbonyl (C=O) groups is 1. The zero-order valence-corrected chi connectivity index (χ0v) is 20.6. The summed E-state index contributed by atoms with van der Waals surface area (Å²) in [6.07, 6.45) is 0. The topological polar surface area (TPSA) is 17.1 Å². The Bertz CT molecular complexity index is 1450. The second-order valence-corrected chi connectivity index (χ2v) is 10.6. The van der Waals surface area contributed by atoms with Gasteiger partial charge >= 0.3 is 0 Å². The van der Waals surface area contributed by atoms with Crippen molar-refractivity contribution in [2.45, 2.75) is 14.7 Å². The largest absolute Gasteiger partial charge is 0.289 e. The highest BCUT2D eigenvalue weighted by Gasteiger charge is 2.29. The van der Waals surface area contributed by atoms with Crippen molar-refractivity contribution in [3.05, 3.63) is 149 Å². The zero-order chi connectivity index (χ0) is 25.1. The highest BCUT2D eigenvalue weighted by atomic mass is 35.5. The lowest BCUT2D eigenvalue weighted by molar-refractivity contribution is 0.103. The molecular weight excluding hydrogens is 494 g/mol. The van der Waals surface area contributed by atoms with Crippen molar-refractivity contribution in [2.75, 3.05) is 0 Å². The molecule has 0 heterocycles. The van der Waals surface area contributed by atoms with E-state index in [1.807, 2.05) is 48.5 Å². The molecule has 0 aromatic heterocycles. The number of rotatable bonds is 6. The zero-order valence-electron chi connectivity index (χ0n) is 19.0. The van der Waals surface area contributed by atoms with Gasteiger partial charge in [0.2, 0.25) is 0 Å². The van der Waals surface area contributed by atoms with Gasteiger partial charge in [0, 0.05) is 21.7 Å². The molecule has 0 aliphatic carbocycles. The van der Waals surface area contributed by atoms with Gasteiger partial charge in [-0.1, -0.05) is 54.1 Å². The lowest BCUT2D eigenvalue weighted by atomic mass is 9.99. The fraction of sp³-hybridized carbons (Fsp3) is 0. The van der Waals surface area contributed by atoms with Gasteiger partial charge in [0.15, 0.2) is 20.5 Å². The van der Waals surface area contributed by atoms with E-state index in [1.54, 1.807) is 48.5 Å². The lowest BCUT2D eigenvalue weighted by Crippen LogP contribution is -2.05. The molecule has 5 aromatic carbocycles. The number of benzene rings is 5. The molecule has 0 unspecified atom stereocenters. The molecule has 1 nitrogen and oxygen atoms in total. The number of halogens is 3. The third-order valence-corrected chi connectivity index (χ3v) is 8.31. The first-order valence-electron chi connectivity index (χ1n) is 11.2. The average Bonchev–Trinajstić information content (AvgIpc) is 2.91. The van der Waals surface area contributed by atoms with Gasteiger partial charge in [-0.05, 0) is 84.4 Å². The van der Waals surface area contributed by atoms with E-state index in [0.29, 0.717) is 16.1 Å². The predicted octanol–water partition coefficient (Wildman–Crippen LogP) is 8.61. The summed E-state index contributed by atoms with van der Waals surface area (Å²) in [7, 11) is -0.543. The molecule has 0 atom stereocenters. The van der Waals surface area contributed by atoms with Crippen LogP contribution in [0.2, 0.25) is 5.02 Å². The molecule has 0 saturated carbocycles. The van der Waals surface area contributed by atoms with E-state index in [0.717, 1.165) is 25.8 Å². The van der Waals surface area contributed by atoms with Crippen LogP contribution in [-0.4, -0.2) is 5.78 Å². The van der Waals surface area contributed by atoms with Gasteiger partial charge in [0.25, 0.3) is 0 Å². The van der Waals surface area contributed by atoms with Crippen molar-refractivity contribution in [1.82, 2.24) is 0 Å². The van der Waals surface area contributed by atoms with Crippen LogP contribution in [0.4, 0.5) is 8.78 Å². The second kappa shape index (κ2) is 10.5. The molecular formula is C31H20ClF2OS+. The molecule has 0 radical (unpaired) electrons. The molecule has 0 fully saturated rings. The van der Waals surface area contributed by atoms with Crippen LogP contribution in [0.1, 0.15) is 15.9 Å². The van der Waals surface area contributed by atoms with Crippen molar-refractivity contribution >= 4 is 28.3 Å². The van der Waals surface area contributed by atoms with Gasteiger partial charge in [-0.3, -0.25) is 4.79 Å². The van der Waals surface area contributed by atoms with Crippen LogP contribution in [0.25, 0.3) is 11.1 Å². The van der Waals surface area contributed by atoms with Crippen molar-refractivity contribution < 1.29 is 13.6 Å². The molecule has 0 saturated heterocycles. The van der Waals surface area contributed by atoms with E-state index < -0.39 is 10.9 Å². The van der Waals surface area contributed by atoms with Crippen molar-refractivity contribution in [3.63, 3.8) is 0 Å². The van der Waals surface area contributed by atoms with Gasteiger partial charge in [-0.2, -0.15) is 0 Å². The van der Waals surface area contributed by atoms with E-state index in [1.165, 1.54) is 24.3 Å². The number of carbonyl (C=O) groups excluding carboxylic acids is 1. The second-order valence-electron chi connectivity index (χ2n) is 8.13. The Morgan fingerprint density at radius 2 is 1.08 bits per heavy atom. The third kappa shape index (κ3) is 5.11. The lowest BCUT2D eigenvalue weighted by Gasteiger charge is -2.10. The number of hydrogen-bond acceptors (Lipinski definition) is 1. The van der Waals surface area contributed by atoms with Crippen LogP contribution in [0.5, 0.6) is 0 Å². The first-order valence-corrected chi connectivity index (χ1v) is 12.8. The summed E-state index contributed by atoms with van der Waals surface area (Å²) in [5.41, 5.74) is 2.86. The normalized spacial score (nSPS) is 11.0. The number of ketones is 1. The van der Waals surface area contributed by atoms with Crippen molar-refractivity contribution in [2.24, 2.45) is 0 Å². The third-order valence-electron chi connectivity index (χ3n) is 5.77. The molecule has 0 N–H and O–H groups in total. The van der Waals surface area contributed by atoms with E-state index in [2.05, 4.69) is 0 Å². The summed E-state index contributed by atoms with van der Waals surface area (Å²) in [5, 5.41) is 0.487. The predicted molar refractivity (Wildman–Crippen MR) is 142 cm³/mol. The molecule has 5 heteroatoms. The minimum absolute atomic E-state index is 0.0814. The smallest absolute Gasteiger partial charge is 0.193 e. The Morgan fingerprint density at radius 1 is 0.583 bits per heavy atom. The average molecular weight is 514 g/mol. The van der Waals surface area contributed by atoms with Crippen LogP contribution in [-0.2, 0) is 10.9 Å². The molecule has 0 aliphatic heterocycles. The SMILES string of the molecule is O=C(c1ccccc1)c1ccc(-c2ccc([S+](c3ccc(F)cc3)c3ccc(F)cc3)cc2)c(Cl)c1. The highest BCUT2D eigenvalue weighted by Crippen LogP contribution is 2.35. The summed E-state index contributed by atoms with van der Waals surface area (Å²) in [6, 6.07) is 35.2. The summed E-state index contributed by atoms with van der Waals surface area (Å²) in [6.45, 7) is 0. The molecule has 0 amide bonds. The fourth-order valence-corrected chi connectivity index (χ4v) is 6.30.